The summed E-state index contributed by atoms with van der Waals surface area (Å²) in [6, 6.07) is 16.8. The molecule has 6 heteroatoms. The molecule has 146 valence electrons. The Labute approximate surface area is 163 Å². The van der Waals surface area contributed by atoms with E-state index in [-0.39, 0.29) is 0 Å². The molecule has 0 heterocycles. The summed E-state index contributed by atoms with van der Waals surface area (Å²) in [6.07, 6.45) is -0.940. The fraction of sp³-hybridized carbons (Fsp3) is 0.318. The quantitative estimate of drug-likeness (QED) is 0.597. The van der Waals surface area contributed by atoms with Crippen molar-refractivity contribution in [2.75, 3.05) is 14.2 Å². The highest BCUT2D eigenvalue weighted by Crippen LogP contribution is 2.50. The minimum Gasteiger partial charge on any atom is -0.469 e. The van der Waals surface area contributed by atoms with Crippen LogP contribution in [0.5, 0.6) is 0 Å². The lowest BCUT2D eigenvalue weighted by Gasteiger charge is -2.41. The van der Waals surface area contributed by atoms with Gasteiger partial charge in [0.25, 0.3) is 0 Å². The molecule has 4 atom stereocenters. The molecule has 0 radical (unpaired) electrons. The van der Waals surface area contributed by atoms with E-state index in [4.69, 9.17) is 14.2 Å². The van der Waals surface area contributed by atoms with E-state index in [0.717, 1.165) is 11.1 Å². The predicted molar refractivity (Wildman–Crippen MR) is 100 cm³/mol. The number of ether oxygens (including phenoxy) is 3. The average molecular weight is 382 g/mol. The molecule has 0 bridgehead atoms. The van der Waals surface area contributed by atoms with E-state index in [1.54, 1.807) is 0 Å². The van der Waals surface area contributed by atoms with E-state index in [9.17, 15) is 14.4 Å². The van der Waals surface area contributed by atoms with Crippen molar-refractivity contribution in [2.45, 2.75) is 18.9 Å². The van der Waals surface area contributed by atoms with E-state index in [1.807, 2.05) is 54.6 Å². The van der Waals surface area contributed by atoms with Crippen LogP contribution < -0.4 is 0 Å². The van der Waals surface area contributed by atoms with Gasteiger partial charge in [0.05, 0.1) is 20.1 Å². The van der Waals surface area contributed by atoms with Gasteiger partial charge < -0.3 is 14.2 Å². The van der Waals surface area contributed by atoms with Crippen LogP contribution in [0.25, 0.3) is 0 Å². The molecule has 1 aliphatic rings. The predicted octanol–water partition coefficient (Wildman–Crippen LogP) is 3.01. The van der Waals surface area contributed by atoms with Crippen LogP contribution in [-0.2, 0) is 28.6 Å². The first-order valence-corrected chi connectivity index (χ1v) is 8.96. The standard InChI is InChI=1S/C22H22O6/c1-13(23)28-20-16-12-8-7-11-15(16)17(14-9-5-4-6-10-14)18(21(24)26-2)19(20)22(25)27-3/h4-12,17-20H,1-3H3/t17-,18+,19+,20+/m0/s1. The number of hydrogen-bond acceptors (Lipinski definition) is 6. The normalized spacial score (nSPS) is 23.2. The van der Waals surface area contributed by atoms with Crippen LogP contribution in [0, 0.1) is 11.8 Å². The van der Waals surface area contributed by atoms with Crippen LogP contribution in [-0.4, -0.2) is 32.1 Å². The lowest BCUT2D eigenvalue weighted by atomic mass is 9.65. The fourth-order valence-electron chi connectivity index (χ4n) is 4.02. The number of rotatable bonds is 4. The van der Waals surface area contributed by atoms with Gasteiger partial charge in [0.15, 0.2) is 0 Å². The fourth-order valence-corrected chi connectivity index (χ4v) is 4.02. The third-order valence-corrected chi connectivity index (χ3v) is 5.11. The van der Waals surface area contributed by atoms with Crippen molar-refractivity contribution in [3.63, 3.8) is 0 Å². The smallest absolute Gasteiger partial charge is 0.313 e. The lowest BCUT2D eigenvalue weighted by Crippen LogP contribution is -2.44. The van der Waals surface area contributed by atoms with Crippen molar-refractivity contribution in [1.29, 1.82) is 0 Å². The number of hydrogen-bond donors (Lipinski definition) is 0. The summed E-state index contributed by atoms with van der Waals surface area (Å²) in [5, 5.41) is 0. The van der Waals surface area contributed by atoms with Crippen LogP contribution in [0.15, 0.2) is 54.6 Å². The maximum Gasteiger partial charge on any atom is 0.313 e. The van der Waals surface area contributed by atoms with E-state index in [2.05, 4.69) is 0 Å². The van der Waals surface area contributed by atoms with E-state index < -0.39 is 41.8 Å². The molecule has 0 saturated carbocycles. The second-order valence-electron chi connectivity index (χ2n) is 6.65. The molecule has 6 nitrogen and oxygen atoms in total. The van der Waals surface area contributed by atoms with Crippen LogP contribution in [0.1, 0.15) is 35.6 Å². The molecule has 0 saturated heterocycles. The highest BCUT2D eigenvalue weighted by atomic mass is 16.6. The number of carbonyl (C=O) groups is 3. The number of benzene rings is 2. The Kier molecular flexibility index (Phi) is 5.78. The monoisotopic (exact) mass is 382 g/mol. The van der Waals surface area contributed by atoms with Gasteiger partial charge in [-0.2, -0.15) is 0 Å². The number of methoxy groups -OCH3 is 2. The Bertz CT molecular complexity index is 876. The summed E-state index contributed by atoms with van der Waals surface area (Å²) in [6.45, 7) is 1.27. The van der Waals surface area contributed by atoms with Crippen molar-refractivity contribution in [3.8, 4) is 0 Å². The highest BCUT2D eigenvalue weighted by Gasteiger charge is 2.52. The van der Waals surface area contributed by atoms with E-state index in [0.29, 0.717) is 5.56 Å². The average Bonchev–Trinajstić information content (AvgIpc) is 2.72. The van der Waals surface area contributed by atoms with Gasteiger partial charge >= 0.3 is 17.9 Å². The molecule has 0 fully saturated rings. The lowest BCUT2D eigenvalue weighted by molar-refractivity contribution is -0.172. The molecule has 0 aliphatic heterocycles. The zero-order chi connectivity index (χ0) is 20.3. The van der Waals surface area contributed by atoms with Crippen molar-refractivity contribution in [3.05, 3.63) is 71.3 Å². The van der Waals surface area contributed by atoms with Crippen LogP contribution in [0.2, 0.25) is 0 Å². The van der Waals surface area contributed by atoms with Gasteiger partial charge in [0, 0.05) is 12.8 Å². The van der Waals surface area contributed by atoms with Gasteiger partial charge in [-0.15, -0.1) is 0 Å². The molecule has 0 aromatic heterocycles. The SMILES string of the molecule is COC(=O)[C@@H]1[C@@H](c2ccccc2)c2ccccc2[C@@H](OC(C)=O)[C@@H]1C(=O)OC. The highest BCUT2D eigenvalue weighted by molar-refractivity contribution is 5.85. The van der Waals surface area contributed by atoms with Gasteiger partial charge in [-0.05, 0) is 16.7 Å². The number of carbonyl (C=O) groups excluding carboxylic acids is 3. The molecule has 0 unspecified atom stereocenters. The van der Waals surface area contributed by atoms with Gasteiger partial charge in [-0.1, -0.05) is 54.6 Å². The second-order valence-corrected chi connectivity index (χ2v) is 6.65. The first-order chi connectivity index (χ1) is 13.5. The summed E-state index contributed by atoms with van der Waals surface area (Å²) in [4.78, 5) is 37.4. The molecule has 28 heavy (non-hydrogen) atoms. The van der Waals surface area contributed by atoms with Gasteiger partial charge in [-0.25, -0.2) is 0 Å². The zero-order valence-electron chi connectivity index (χ0n) is 16.0. The van der Waals surface area contributed by atoms with Gasteiger partial charge in [-0.3, -0.25) is 14.4 Å². The number of fused-ring (bicyclic) bond motifs is 1. The maximum absolute atomic E-state index is 12.9. The summed E-state index contributed by atoms with van der Waals surface area (Å²) < 4.78 is 15.5. The molecular weight excluding hydrogens is 360 g/mol. The number of esters is 3. The Morgan fingerprint density at radius 1 is 0.750 bits per heavy atom. The molecular formula is C22H22O6. The van der Waals surface area contributed by atoms with Crippen LogP contribution >= 0.6 is 0 Å². The molecule has 0 spiro atoms. The minimum atomic E-state index is -1.03. The molecule has 0 N–H and O–H groups in total. The third-order valence-electron chi connectivity index (χ3n) is 5.11. The summed E-state index contributed by atoms with van der Waals surface area (Å²) in [5.41, 5.74) is 2.36. The van der Waals surface area contributed by atoms with Gasteiger partial charge in [0.1, 0.15) is 12.0 Å². The first-order valence-electron chi connectivity index (χ1n) is 8.96. The van der Waals surface area contributed by atoms with Crippen molar-refractivity contribution < 1.29 is 28.6 Å². The van der Waals surface area contributed by atoms with E-state index in [1.165, 1.54) is 21.1 Å². The Morgan fingerprint density at radius 3 is 1.86 bits per heavy atom. The Balaban J connectivity index is 2.28. The maximum atomic E-state index is 12.9. The topological polar surface area (TPSA) is 78.9 Å². The van der Waals surface area contributed by atoms with E-state index >= 15 is 0 Å². The van der Waals surface area contributed by atoms with Crippen LogP contribution in [0.3, 0.4) is 0 Å². The molecule has 2 aromatic rings. The zero-order valence-corrected chi connectivity index (χ0v) is 16.0. The summed E-state index contributed by atoms with van der Waals surface area (Å²) in [7, 11) is 2.53. The van der Waals surface area contributed by atoms with Crippen molar-refractivity contribution >= 4 is 17.9 Å². The second kappa shape index (κ2) is 8.25. The largest absolute Gasteiger partial charge is 0.469 e. The molecule has 1 aliphatic carbocycles. The van der Waals surface area contributed by atoms with Crippen LogP contribution in [0.4, 0.5) is 0 Å². The van der Waals surface area contributed by atoms with Crippen molar-refractivity contribution in [1.82, 2.24) is 0 Å². The third kappa shape index (κ3) is 3.50. The molecule has 3 rings (SSSR count). The Morgan fingerprint density at radius 2 is 1.29 bits per heavy atom. The Hall–Kier alpha value is -3.15. The first kappa shape index (κ1) is 19.6. The molecule has 0 amide bonds. The summed E-state index contributed by atoms with van der Waals surface area (Å²) >= 11 is 0. The van der Waals surface area contributed by atoms with Gasteiger partial charge in [0.2, 0.25) is 0 Å². The minimum absolute atomic E-state index is 0.444. The molecule has 2 aromatic carbocycles. The summed E-state index contributed by atoms with van der Waals surface area (Å²) in [5.74, 6) is -4.11. The van der Waals surface area contributed by atoms with Crippen molar-refractivity contribution in [2.24, 2.45) is 11.8 Å².